The van der Waals surface area contributed by atoms with Gasteiger partial charge in [-0.15, -0.1) is 11.8 Å². The normalized spacial score (nSPS) is 12.9. The van der Waals surface area contributed by atoms with Crippen molar-refractivity contribution in [3.8, 4) is 45.5 Å². The standard InChI is InChI=1S/C30H38N6O5.C28H33N5O5S.B/c1-18(2)32-27(17-36(38)39)31-9-11-35-28(33-29-20(4)12-19(3)13-21(29)5)16-24-23-15-26(41-7)25(40-6)14-22(23)8-10-34(24)30(35)37;1-17-11-18(2)27(19(3)12-17)30-25-15-22-21-14-24(38-5)23(37-4)13-20(21)7-9-31(22)28(34)32(25)10-8-29-26(39-6)16-33(35)36;/h12-18,31-32H,8-11H2,1-7H3;11-16,29H,7-10H2,1-6H3;/b27-17-,33-28?;26-16-,30-25?;. The van der Waals surface area contributed by atoms with Crippen molar-refractivity contribution < 1.29 is 28.8 Å². The summed E-state index contributed by atoms with van der Waals surface area (Å²) < 4.78 is 28.9. The first kappa shape index (κ1) is 61.7. The summed E-state index contributed by atoms with van der Waals surface area (Å²) in [6.07, 6.45) is 4.90. The number of hydrogen-bond acceptors (Lipinski definition) is 16. The molecule has 4 aromatic carbocycles. The molecule has 0 atom stereocenters. The highest BCUT2D eigenvalue weighted by Crippen LogP contribution is 2.39. The Morgan fingerprint density at radius 1 is 0.617 bits per heavy atom. The molecule has 2 aliphatic rings. The van der Waals surface area contributed by atoms with Crippen LogP contribution in [0, 0.1) is 61.8 Å². The van der Waals surface area contributed by atoms with Crippen LogP contribution >= 0.6 is 11.8 Å². The van der Waals surface area contributed by atoms with Crippen LogP contribution in [0.4, 0.5) is 11.4 Å². The first-order valence-corrected chi connectivity index (χ1v) is 27.3. The molecule has 2 aromatic heterocycles. The number of aromatic nitrogens is 4. The largest absolute Gasteiger partial charge is 0.493 e. The van der Waals surface area contributed by atoms with Gasteiger partial charge in [0.25, 0.3) is 12.4 Å². The fraction of sp³-hybridized carbons (Fsp3) is 0.379. The van der Waals surface area contributed by atoms with Gasteiger partial charge in [-0.2, -0.15) is 0 Å². The maximum Gasteiger partial charge on any atom is 0.330 e. The Morgan fingerprint density at radius 2 is 1.00 bits per heavy atom. The summed E-state index contributed by atoms with van der Waals surface area (Å²) in [7, 11) is 6.39. The molecule has 6 aromatic rings. The minimum Gasteiger partial charge on any atom is -0.493 e. The molecule has 23 heteroatoms. The molecule has 0 saturated carbocycles. The molecule has 0 aliphatic carbocycles. The number of thioether (sulfide) groups is 1. The first-order chi connectivity index (χ1) is 38.2. The van der Waals surface area contributed by atoms with Crippen LogP contribution in [0.1, 0.15) is 58.4 Å². The van der Waals surface area contributed by atoms with Gasteiger partial charge in [0.2, 0.25) is 0 Å². The predicted molar refractivity (Wildman–Crippen MR) is 317 cm³/mol. The van der Waals surface area contributed by atoms with E-state index in [1.54, 1.807) is 53.0 Å². The molecular formula is C58H71BN11O10S. The maximum absolute atomic E-state index is 14.0. The minimum atomic E-state index is -0.511. The summed E-state index contributed by atoms with van der Waals surface area (Å²) in [4.78, 5) is 59.0. The van der Waals surface area contributed by atoms with Crippen molar-refractivity contribution in [2.45, 2.75) is 100 Å². The molecule has 0 fully saturated rings. The molecule has 0 amide bonds. The van der Waals surface area contributed by atoms with Crippen LogP contribution in [-0.2, 0) is 39.0 Å². The topological polar surface area (TPSA) is 238 Å². The number of aryl methyl sites for hydroxylation is 8. The van der Waals surface area contributed by atoms with E-state index in [4.69, 9.17) is 28.9 Å². The van der Waals surface area contributed by atoms with Crippen LogP contribution in [0.15, 0.2) is 103 Å². The zero-order valence-corrected chi connectivity index (χ0v) is 49.1. The molecule has 3 radical (unpaired) electrons. The fourth-order valence-corrected chi connectivity index (χ4v) is 10.7. The van der Waals surface area contributed by atoms with Crippen molar-refractivity contribution in [3.63, 3.8) is 0 Å². The number of benzene rings is 4. The van der Waals surface area contributed by atoms with E-state index >= 15 is 0 Å². The molecule has 0 saturated heterocycles. The number of ether oxygens (including phenoxy) is 4. The van der Waals surface area contributed by atoms with Gasteiger partial charge in [0.05, 0.1) is 61.0 Å². The van der Waals surface area contributed by atoms with E-state index in [-0.39, 0.29) is 51.3 Å². The summed E-state index contributed by atoms with van der Waals surface area (Å²) in [6.45, 7) is 18.0. The Hall–Kier alpha value is -8.47. The lowest BCUT2D eigenvalue weighted by Gasteiger charge is -2.25. The van der Waals surface area contributed by atoms with Crippen LogP contribution in [0.5, 0.6) is 23.0 Å². The van der Waals surface area contributed by atoms with Gasteiger partial charge in [-0.1, -0.05) is 35.4 Å². The molecular weight excluding hydrogens is 1050 g/mol. The van der Waals surface area contributed by atoms with Gasteiger partial charge >= 0.3 is 11.4 Å². The van der Waals surface area contributed by atoms with E-state index in [9.17, 15) is 29.8 Å². The van der Waals surface area contributed by atoms with Gasteiger partial charge in [-0.3, -0.25) is 38.5 Å². The number of fused-ring (bicyclic) bond motifs is 6. The van der Waals surface area contributed by atoms with Crippen LogP contribution in [0.2, 0.25) is 0 Å². The summed E-state index contributed by atoms with van der Waals surface area (Å²) in [5.41, 5.74) is 14.0. The second-order valence-corrected chi connectivity index (χ2v) is 20.7. The Labute approximate surface area is 477 Å². The second-order valence-electron chi connectivity index (χ2n) is 19.9. The third-order valence-corrected chi connectivity index (χ3v) is 14.4. The van der Waals surface area contributed by atoms with Crippen LogP contribution < -0.4 is 57.3 Å². The molecule has 81 heavy (non-hydrogen) atoms. The van der Waals surface area contributed by atoms with Gasteiger partial charge in [-0.25, -0.2) is 19.6 Å². The van der Waals surface area contributed by atoms with Crippen molar-refractivity contribution >= 4 is 31.5 Å². The average Bonchev–Trinajstić information content (AvgIpc) is 3.44. The number of nitrogens with one attached hydrogen (secondary N) is 3. The Morgan fingerprint density at radius 3 is 1.36 bits per heavy atom. The molecule has 0 bridgehead atoms. The van der Waals surface area contributed by atoms with E-state index in [0.29, 0.717) is 71.5 Å². The molecule has 427 valence electrons. The summed E-state index contributed by atoms with van der Waals surface area (Å²) in [6, 6.07) is 19.9. The monoisotopic (exact) mass is 1120 g/mol. The van der Waals surface area contributed by atoms with Crippen LogP contribution in [0.3, 0.4) is 0 Å². The lowest BCUT2D eigenvalue weighted by atomic mass is 9.97. The van der Waals surface area contributed by atoms with Gasteiger partial charge in [0.1, 0.15) is 16.0 Å². The van der Waals surface area contributed by atoms with Crippen molar-refractivity contribution in [2.24, 2.45) is 9.98 Å². The smallest absolute Gasteiger partial charge is 0.330 e. The predicted octanol–water partition coefficient (Wildman–Crippen LogP) is 7.41. The van der Waals surface area contributed by atoms with Gasteiger partial charge in [0.15, 0.2) is 28.8 Å². The van der Waals surface area contributed by atoms with E-state index in [2.05, 4.69) is 40.2 Å². The molecule has 8 rings (SSSR count). The van der Waals surface area contributed by atoms with Gasteiger partial charge in [-0.05, 0) is 132 Å². The zero-order chi connectivity index (χ0) is 58.1. The Kier molecular flexibility index (Phi) is 20.7. The lowest BCUT2D eigenvalue weighted by molar-refractivity contribution is -0.404. The third-order valence-electron chi connectivity index (χ3n) is 13.7. The van der Waals surface area contributed by atoms with E-state index in [1.807, 2.05) is 91.8 Å². The van der Waals surface area contributed by atoms with Gasteiger partial charge in [0, 0.05) is 77.0 Å². The Bertz CT molecular complexity index is 3660. The first-order valence-electron chi connectivity index (χ1n) is 26.1. The average molecular weight is 1130 g/mol. The number of methoxy groups -OCH3 is 4. The molecule has 4 heterocycles. The fourth-order valence-electron chi connectivity index (χ4n) is 10.3. The molecule has 0 unspecified atom stereocenters. The van der Waals surface area contributed by atoms with E-state index in [0.717, 1.165) is 90.8 Å². The maximum atomic E-state index is 14.0. The summed E-state index contributed by atoms with van der Waals surface area (Å²) in [5.74, 6) is 2.74. The molecule has 0 spiro atoms. The quantitative estimate of drug-likeness (QED) is 0.0407. The van der Waals surface area contributed by atoms with Crippen molar-refractivity contribution in [2.75, 3.05) is 47.8 Å². The molecule has 21 nitrogen and oxygen atoms in total. The Balaban J connectivity index is 0.000000258. The van der Waals surface area contributed by atoms with E-state index < -0.39 is 9.85 Å². The highest BCUT2D eigenvalue weighted by atomic mass is 32.2. The number of hydrogen-bond donors (Lipinski definition) is 3. The summed E-state index contributed by atoms with van der Waals surface area (Å²) in [5, 5.41) is 31.6. The lowest BCUT2D eigenvalue weighted by Crippen LogP contribution is -2.44. The zero-order valence-electron chi connectivity index (χ0n) is 48.3. The third kappa shape index (κ3) is 14.3. The number of nitro groups is 2. The highest BCUT2D eigenvalue weighted by molar-refractivity contribution is 8.02. The molecule has 3 N–H and O–H groups in total. The van der Waals surface area contributed by atoms with Crippen molar-refractivity contribution in [3.05, 3.63) is 181 Å². The van der Waals surface area contributed by atoms with Crippen LogP contribution in [0.25, 0.3) is 22.5 Å². The summed E-state index contributed by atoms with van der Waals surface area (Å²) >= 11 is 1.24. The van der Waals surface area contributed by atoms with Crippen molar-refractivity contribution in [1.82, 2.24) is 34.2 Å². The second kappa shape index (κ2) is 27.1. The number of nitrogens with zero attached hydrogens (tertiary/aromatic N) is 8. The molecule has 2 aliphatic heterocycles. The van der Waals surface area contributed by atoms with Crippen LogP contribution in [-0.4, -0.2) is 90.4 Å². The number of rotatable bonds is 19. The van der Waals surface area contributed by atoms with E-state index in [1.165, 1.54) is 11.8 Å². The minimum absolute atomic E-state index is 0. The van der Waals surface area contributed by atoms with Crippen molar-refractivity contribution in [1.29, 1.82) is 0 Å². The van der Waals surface area contributed by atoms with Gasteiger partial charge < -0.3 is 34.9 Å². The highest BCUT2D eigenvalue weighted by Gasteiger charge is 2.25. The SMILES string of the molecule is COc1cc2c(cc1OC)-c1cc(=Nc3c(C)cc(C)cc3C)n(CCN/C(=C/[N+](=O)[O-])NC(C)C)c(=O)n1CC2.COc1cc2c(cc1OC)-c1cc(=Nc3c(C)cc(C)cc3C)n(CCN/C(=C/[N+](=O)[O-])SC)c(=O)n1CC2.[B].